The van der Waals surface area contributed by atoms with Crippen LogP contribution in [0.25, 0.3) is 0 Å². The molecule has 0 unspecified atom stereocenters. The molecule has 0 aliphatic rings. The average Bonchev–Trinajstić information content (AvgIpc) is 2.75. The molecular weight excluding hydrogens is 448 g/mol. The van der Waals surface area contributed by atoms with Crippen LogP contribution in [-0.4, -0.2) is 67.8 Å². The number of rotatable bonds is 12. The molecule has 0 radical (unpaired) electrons. The largest absolute Gasteiger partial charge is 0.462 e. The maximum atomic E-state index is 13.1. The number of amides is 1. The van der Waals surface area contributed by atoms with Gasteiger partial charge in [-0.05, 0) is 38.1 Å². The molecule has 1 rings (SSSR count). The Morgan fingerprint density at radius 3 is 1.76 bits per heavy atom. The maximum absolute atomic E-state index is 13.1. The first kappa shape index (κ1) is 28.4. The first-order chi connectivity index (χ1) is 16.0. The molecule has 1 N–H and O–H groups in total. The van der Waals surface area contributed by atoms with E-state index in [0.29, 0.717) is 5.69 Å². The van der Waals surface area contributed by atoms with E-state index in [4.69, 9.17) is 18.9 Å². The fourth-order valence-corrected chi connectivity index (χ4v) is 3.14. The number of nitrogens with one attached hydrogen (secondary N) is 1. The Bertz CT molecular complexity index is 866. The highest BCUT2D eigenvalue weighted by Crippen LogP contribution is 2.20. The Morgan fingerprint density at radius 2 is 1.32 bits per heavy atom. The van der Waals surface area contributed by atoms with Gasteiger partial charge in [-0.1, -0.05) is 0 Å². The molecule has 0 aliphatic carbocycles. The summed E-state index contributed by atoms with van der Waals surface area (Å²) in [6.07, 6.45) is -4.70. The SMILES string of the molecule is CCN(CC)c1ccc(NC(=O)[C@H](OC(C)=O)[C@H](OC(C)=O)[C@H](COC(C)=O)OC(C)=O)cc1. The Hall–Kier alpha value is -3.63. The zero-order chi connectivity index (χ0) is 25.8. The lowest BCUT2D eigenvalue weighted by atomic mass is 10.1. The van der Waals surface area contributed by atoms with Crippen molar-refractivity contribution >= 4 is 41.2 Å². The molecule has 0 heterocycles. The second-order valence-corrected chi connectivity index (χ2v) is 7.26. The van der Waals surface area contributed by atoms with E-state index in [2.05, 4.69) is 10.2 Å². The van der Waals surface area contributed by atoms with Gasteiger partial charge in [0.25, 0.3) is 5.91 Å². The molecule has 0 aliphatic heterocycles. The third-order valence-corrected chi connectivity index (χ3v) is 4.55. The average molecular weight is 481 g/mol. The van der Waals surface area contributed by atoms with Crippen molar-refractivity contribution < 1.29 is 42.9 Å². The minimum atomic E-state index is -1.70. The van der Waals surface area contributed by atoms with Gasteiger partial charge in [0.15, 0.2) is 12.2 Å². The predicted octanol–water partition coefficient (Wildman–Crippen LogP) is 1.83. The molecular formula is C23H32N2O9. The lowest BCUT2D eigenvalue weighted by molar-refractivity contribution is -0.190. The molecule has 34 heavy (non-hydrogen) atoms. The summed E-state index contributed by atoms with van der Waals surface area (Å²) in [5.74, 6) is -4.00. The zero-order valence-corrected chi connectivity index (χ0v) is 20.3. The number of nitrogens with zero attached hydrogens (tertiary/aromatic N) is 1. The minimum Gasteiger partial charge on any atom is -0.462 e. The molecule has 0 saturated heterocycles. The van der Waals surface area contributed by atoms with E-state index in [0.717, 1.165) is 46.5 Å². The monoisotopic (exact) mass is 480 g/mol. The Balaban J connectivity index is 3.25. The molecule has 0 spiro atoms. The summed E-state index contributed by atoms with van der Waals surface area (Å²) >= 11 is 0. The van der Waals surface area contributed by atoms with Crippen molar-refractivity contribution in [3.8, 4) is 0 Å². The van der Waals surface area contributed by atoms with Crippen molar-refractivity contribution in [3.63, 3.8) is 0 Å². The highest BCUT2D eigenvalue weighted by molar-refractivity contribution is 5.96. The Morgan fingerprint density at radius 1 is 0.794 bits per heavy atom. The summed E-state index contributed by atoms with van der Waals surface area (Å²) in [6, 6.07) is 6.96. The van der Waals surface area contributed by atoms with Crippen LogP contribution in [0.15, 0.2) is 24.3 Å². The second-order valence-electron chi connectivity index (χ2n) is 7.26. The van der Waals surface area contributed by atoms with Gasteiger partial charge in [0.05, 0.1) is 0 Å². The van der Waals surface area contributed by atoms with Crippen LogP contribution in [0.2, 0.25) is 0 Å². The summed E-state index contributed by atoms with van der Waals surface area (Å²) in [6.45, 7) is 9.47. The molecule has 0 fully saturated rings. The quantitative estimate of drug-likeness (QED) is 0.348. The van der Waals surface area contributed by atoms with Crippen LogP contribution in [0.3, 0.4) is 0 Å². The minimum absolute atomic E-state index is 0.392. The van der Waals surface area contributed by atoms with Gasteiger partial charge in [0.2, 0.25) is 6.10 Å². The number of carbonyl (C=O) groups is 5. The molecule has 1 aromatic rings. The van der Waals surface area contributed by atoms with Gasteiger partial charge in [0.1, 0.15) is 6.61 Å². The predicted molar refractivity (Wildman–Crippen MR) is 122 cm³/mol. The van der Waals surface area contributed by atoms with E-state index in [1.54, 1.807) is 12.1 Å². The molecule has 1 amide bonds. The van der Waals surface area contributed by atoms with E-state index in [9.17, 15) is 24.0 Å². The summed E-state index contributed by atoms with van der Waals surface area (Å²) < 4.78 is 20.4. The van der Waals surface area contributed by atoms with Gasteiger partial charge in [-0.2, -0.15) is 0 Å². The van der Waals surface area contributed by atoms with E-state index < -0.39 is 54.7 Å². The van der Waals surface area contributed by atoms with Gasteiger partial charge in [-0.25, -0.2) is 0 Å². The Labute approximate surface area is 198 Å². The third kappa shape index (κ3) is 9.47. The van der Waals surface area contributed by atoms with E-state index in [-0.39, 0.29) is 0 Å². The van der Waals surface area contributed by atoms with Gasteiger partial charge in [0, 0.05) is 52.2 Å². The highest BCUT2D eigenvalue weighted by atomic mass is 16.6. The first-order valence-corrected chi connectivity index (χ1v) is 10.8. The topological polar surface area (TPSA) is 138 Å². The van der Waals surface area contributed by atoms with Crippen molar-refractivity contribution in [3.05, 3.63) is 24.3 Å². The fourth-order valence-electron chi connectivity index (χ4n) is 3.14. The summed E-state index contributed by atoms with van der Waals surface area (Å²) in [5.41, 5.74) is 1.34. The number of benzene rings is 1. The van der Waals surface area contributed by atoms with Gasteiger partial charge < -0.3 is 29.2 Å². The standard InChI is InChI=1S/C23H32N2O9/c1-7-25(8-2)19-11-9-18(10-12-19)24-23(30)22(34-17(6)29)21(33-16(5)28)20(32-15(4)27)13-31-14(3)26/h9-12,20-22H,7-8,13H2,1-6H3,(H,24,30)/t20-,21+,22+/m0/s1. The second kappa shape index (κ2) is 13.8. The smallest absolute Gasteiger partial charge is 0.303 e. The van der Waals surface area contributed by atoms with E-state index >= 15 is 0 Å². The number of hydrogen-bond acceptors (Lipinski definition) is 10. The molecule has 11 heteroatoms. The van der Waals surface area contributed by atoms with Crippen LogP contribution in [0.4, 0.5) is 11.4 Å². The van der Waals surface area contributed by atoms with Crippen molar-refractivity contribution in [1.82, 2.24) is 0 Å². The van der Waals surface area contributed by atoms with E-state index in [1.165, 1.54) is 0 Å². The van der Waals surface area contributed by atoms with Crippen molar-refractivity contribution in [1.29, 1.82) is 0 Å². The van der Waals surface area contributed by atoms with Gasteiger partial charge >= 0.3 is 23.9 Å². The summed E-state index contributed by atoms with van der Waals surface area (Å²) in [4.78, 5) is 61.6. The van der Waals surface area contributed by atoms with Crippen LogP contribution in [0.5, 0.6) is 0 Å². The normalized spacial score (nSPS) is 13.0. The van der Waals surface area contributed by atoms with Crippen LogP contribution in [-0.2, 0) is 42.9 Å². The molecule has 0 aromatic heterocycles. The number of anilines is 2. The summed E-state index contributed by atoms with van der Waals surface area (Å²) in [7, 11) is 0. The molecule has 0 bridgehead atoms. The van der Waals surface area contributed by atoms with Crippen molar-refractivity contribution in [2.24, 2.45) is 0 Å². The van der Waals surface area contributed by atoms with Crippen LogP contribution < -0.4 is 10.2 Å². The van der Waals surface area contributed by atoms with E-state index in [1.807, 2.05) is 26.0 Å². The first-order valence-electron chi connectivity index (χ1n) is 10.8. The third-order valence-electron chi connectivity index (χ3n) is 4.55. The van der Waals surface area contributed by atoms with Crippen molar-refractivity contribution in [2.75, 3.05) is 29.9 Å². The summed E-state index contributed by atoms with van der Waals surface area (Å²) in [5, 5.41) is 2.60. The van der Waals surface area contributed by atoms with Crippen LogP contribution >= 0.6 is 0 Å². The van der Waals surface area contributed by atoms with Crippen LogP contribution in [0, 0.1) is 0 Å². The lowest BCUT2D eigenvalue weighted by Crippen LogP contribution is -2.52. The molecule has 188 valence electrons. The Kier molecular flexibility index (Phi) is 11.5. The van der Waals surface area contributed by atoms with Crippen LogP contribution in [0.1, 0.15) is 41.5 Å². The fraction of sp³-hybridized carbons (Fsp3) is 0.522. The van der Waals surface area contributed by atoms with Gasteiger partial charge in [-0.15, -0.1) is 0 Å². The van der Waals surface area contributed by atoms with Gasteiger partial charge in [-0.3, -0.25) is 24.0 Å². The van der Waals surface area contributed by atoms with Crippen molar-refractivity contribution in [2.45, 2.75) is 59.9 Å². The molecule has 1 aromatic carbocycles. The number of carbonyl (C=O) groups excluding carboxylic acids is 5. The molecule has 3 atom stereocenters. The highest BCUT2D eigenvalue weighted by Gasteiger charge is 2.42. The molecule has 0 saturated carbocycles. The number of ether oxygens (including phenoxy) is 4. The number of esters is 4. The zero-order valence-electron chi connectivity index (χ0n) is 20.3. The maximum Gasteiger partial charge on any atom is 0.303 e. The number of hydrogen-bond donors (Lipinski definition) is 1. The molecule has 11 nitrogen and oxygen atoms in total. The lowest BCUT2D eigenvalue weighted by Gasteiger charge is -2.30.